The summed E-state index contributed by atoms with van der Waals surface area (Å²) < 4.78 is 1.67. The van der Waals surface area contributed by atoms with Gasteiger partial charge in [-0.1, -0.05) is 29.8 Å². The largest absolute Gasteiger partial charge is 0.361 e. The second kappa shape index (κ2) is 5.69. The van der Waals surface area contributed by atoms with E-state index in [0.29, 0.717) is 12.4 Å². The van der Waals surface area contributed by atoms with Crippen molar-refractivity contribution < 1.29 is 0 Å². The zero-order valence-electron chi connectivity index (χ0n) is 11.6. The normalized spacial score (nSPS) is 10.7. The molecule has 1 aromatic heterocycles. The van der Waals surface area contributed by atoms with Crippen molar-refractivity contribution in [1.29, 1.82) is 0 Å². The van der Waals surface area contributed by atoms with Crippen LogP contribution in [-0.2, 0) is 6.54 Å². The summed E-state index contributed by atoms with van der Waals surface area (Å²) in [6, 6.07) is 8.32. The van der Waals surface area contributed by atoms with Gasteiger partial charge in [0.2, 0.25) is 0 Å². The molecule has 19 heavy (non-hydrogen) atoms. The molecule has 0 aliphatic carbocycles. The number of hydrogen-bond acceptors (Lipinski definition) is 3. The number of nitrogens with zero attached hydrogens (tertiary/aromatic N) is 2. The summed E-state index contributed by atoms with van der Waals surface area (Å²) in [5.74, 6) is 0.401. The van der Waals surface area contributed by atoms with E-state index in [1.807, 2.05) is 26.0 Å². The van der Waals surface area contributed by atoms with Crippen molar-refractivity contribution in [2.24, 2.45) is 0 Å². The molecular formula is C15H19N3O. The van der Waals surface area contributed by atoms with Gasteiger partial charge in [0.15, 0.2) is 5.82 Å². The number of hydrogen-bond donors (Lipinski definition) is 1. The summed E-state index contributed by atoms with van der Waals surface area (Å²) in [6.07, 6.45) is 3.37. The lowest BCUT2D eigenvalue weighted by molar-refractivity contribution is 0.575. The van der Waals surface area contributed by atoms with Crippen LogP contribution in [0.5, 0.6) is 0 Å². The molecule has 2 aromatic rings. The fraction of sp³-hybridized carbons (Fsp3) is 0.333. The van der Waals surface area contributed by atoms with Gasteiger partial charge in [0.05, 0.1) is 0 Å². The van der Waals surface area contributed by atoms with Crippen molar-refractivity contribution in [2.75, 3.05) is 5.32 Å². The monoisotopic (exact) mass is 257 g/mol. The van der Waals surface area contributed by atoms with Gasteiger partial charge in [-0.15, -0.1) is 0 Å². The maximum absolute atomic E-state index is 12.1. The molecule has 1 aromatic carbocycles. The van der Waals surface area contributed by atoms with Gasteiger partial charge in [0, 0.05) is 25.0 Å². The molecule has 0 fully saturated rings. The van der Waals surface area contributed by atoms with Crippen LogP contribution in [-0.4, -0.2) is 9.55 Å². The van der Waals surface area contributed by atoms with Crippen LogP contribution in [0.4, 0.5) is 5.82 Å². The van der Waals surface area contributed by atoms with E-state index in [4.69, 9.17) is 0 Å². The summed E-state index contributed by atoms with van der Waals surface area (Å²) in [4.78, 5) is 16.3. The second-order valence-electron chi connectivity index (χ2n) is 4.92. The Balaban J connectivity index is 2.16. The van der Waals surface area contributed by atoms with E-state index < -0.39 is 0 Å². The molecule has 0 saturated carbocycles. The molecule has 0 bridgehead atoms. The predicted molar refractivity (Wildman–Crippen MR) is 77.4 cm³/mol. The Hall–Kier alpha value is -2.10. The molecule has 0 radical (unpaired) electrons. The van der Waals surface area contributed by atoms with Gasteiger partial charge in [0.1, 0.15) is 0 Å². The smallest absolute Gasteiger partial charge is 0.293 e. The number of aromatic nitrogens is 2. The summed E-state index contributed by atoms with van der Waals surface area (Å²) in [5.41, 5.74) is 2.27. The van der Waals surface area contributed by atoms with Gasteiger partial charge in [0.25, 0.3) is 5.56 Å². The first-order valence-corrected chi connectivity index (χ1v) is 6.44. The molecule has 0 unspecified atom stereocenters. The molecule has 0 atom stereocenters. The highest BCUT2D eigenvalue weighted by Crippen LogP contribution is 2.06. The van der Waals surface area contributed by atoms with Crippen molar-refractivity contribution in [1.82, 2.24) is 9.55 Å². The van der Waals surface area contributed by atoms with Crippen LogP contribution < -0.4 is 10.9 Å². The first kappa shape index (κ1) is 13.3. The average Bonchev–Trinajstić information content (AvgIpc) is 2.37. The van der Waals surface area contributed by atoms with E-state index in [0.717, 1.165) is 5.56 Å². The highest BCUT2D eigenvalue weighted by atomic mass is 16.1. The Morgan fingerprint density at radius 1 is 1.37 bits per heavy atom. The summed E-state index contributed by atoms with van der Waals surface area (Å²) in [6.45, 7) is 6.61. The van der Waals surface area contributed by atoms with E-state index in [9.17, 15) is 4.79 Å². The first-order valence-electron chi connectivity index (χ1n) is 6.44. The van der Waals surface area contributed by atoms with Crippen LogP contribution in [0.2, 0.25) is 0 Å². The Bertz CT molecular complexity index is 617. The maximum Gasteiger partial charge on any atom is 0.293 e. The molecule has 4 heteroatoms. The van der Waals surface area contributed by atoms with E-state index in [1.165, 1.54) is 5.56 Å². The standard InChI is InChI=1S/C15H19N3O/c1-11(2)18-8-7-16-14(15(18)19)17-10-13-6-4-5-12(3)9-13/h4-9,11H,10H2,1-3H3,(H,16,17). The SMILES string of the molecule is Cc1cccc(CNc2nccn(C(C)C)c2=O)c1. The molecule has 0 saturated heterocycles. The molecule has 100 valence electrons. The summed E-state index contributed by atoms with van der Waals surface area (Å²) in [7, 11) is 0. The summed E-state index contributed by atoms with van der Waals surface area (Å²) in [5, 5.41) is 3.11. The van der Waals surface area contributed by atoms with Crippen LogP contribution >= 0.6 is 0 Å². The Kier molecular flexibility index (Phi) is 4.00. The van der Waals surface area contributed by atoms with Gasteiger partial charge in [-0.05, 0) is 26.3 Å². The van der Waals surface area contributed by atoms with Crippen LogP contribution in [0.15, 0.2) is 41.5 Å². The van der Waals surface area contributed by atoms with E-state index >= 15 is 0 Å². The Morgan fingerprint density at radius 3 is 2.84 bits per heavy atom. The molecule has 0 aliphatic heterocycles. The molecule has 0 spiro atoms. The van der Waals surface area contributed by atoms with Crippen molar-refractivity contribution >= 4 is 5.82 Å². The predicted octanol–water partition coefficient (Wildman–Crippen LogP) is 2.74. The third-order valence-corrected chi connectivity index (χ3v) is 2.97. The van der Waals surface area contributed by atoms with E-state index in [1.54, 1.807) is 17.0 Å². The van der Waals surface area contributed by atoms with Crippen LogP contribution in [0.25, 0.3) is 0 Å². The van der Waals surface area contributed by atoms with Gasteiger partial charge < -0.3 is 9.88 Å². The van der Waals surface area contributed by atoms with Crippen molar-refractivity contribution in [3.8, 4) is 0 Å². The third kappa shape index (κ3) is 3.22. The van der Waals surface area contributed by atoms with Gasteiger partial charge in [-0.2, -0.15) is 0 Å². The number of anilines is 1. The highest BCUT2D eigenvalue weighted by molar-refractivity contribution is 5.33. The zero-order chi connectivity index (χ0) is 13.8. The minimum Gasteiger partial charge on any atom is -0.361 e. The number of benzene rings is 1. The average molecular weight is 257 g/mol. The van der Waals surface area contributed by atoms with Gasteiger partial charge in [-0.3, -0.25) is 4.79 Å². The highest BCUT2D eigenvalue weighted by Gasteiger charge is 2.06. The maximum atomic E-state index is 12.1. The molecule has 0 aliphatic rings. The third-order valence-electron chi connectivity index (χ3n) is 2.97. The molecule has 2 rings (SSSR count). The van der Waals surface area contributed by atoms with E-state index in [2.05, 4.69) is 29.4 Å². The lowest BCUT2D eigenvalue weighted by Crippen LogP contribution is -2.25. The molecule has 1 heterocycles. The summed E-state index contributed by atoms with van der Waals surface area (Å²) >= 11 is 0. The number of aryl methyl sites for hydroxylation is 1. The fourth-order valence-corrected chi connectivity index (χ4v) is 1.96. The fourth-order valence-electron chi connectivity index (χ4n) is 1.96. The van der Waals surface area contributed by atoms with Crippen LogP contribution in [0, 0.1) is 6.92 Å². The van der Waals surface area contributed by atoms with Crippen molar-refractivity contribution in [3.63, 3.8) is 0 Å². The topological polar surface area (TPSA) is 46.9 Å². The van der Waals surface area contributed by atoms with Crippen molar-refractivity contribution in [2.45, 2.75) is 33.4 Å². The minimum atomic E-state index is -0.0786. The lowest BCUT2D eigenvalue weighted by Gasteiger charge is -2.11. The minimum absolute atomic E-state index is 0.0786. The molecule has 1 N–H and O–H groups in total. The molecule has 4 nitrogen and oxygen atoms in total. The number of nitrogens with one attached hydrogen (secondary N) is 1. The van der Waals surface area contributed by atoms with Crippen molar-refractivity contribution in [3.05, 3.63) is 58.1 Å². The van der Waals surface area contributed by atoms with Gasteiger partial charge >= 0.3 is 0 Å². The van der Waals surface area contributed by atoms with Gasteiger partial charge in [-0.25, -0.2) is 4.98 Å². The Morgan fingerprint density at radius 2 is 2.16 bits per heavy atom. The lowest BCUT2D eigenvalue weighted by atomic mass is 10.1. The first-order chi connectivity index (χ1) is 9.08. The quantitative estimate of drug-likeness (QED) is 0.916. The molecule has 0 amide bonds. The van der Waals surface area contributed by atoms with Crippen LogP contribution in [0.1, 0.15) is 31.0 Å². The second-order valence-corrected chi connectivity index (χ2v) is 4.92. The van der Waals surface area contributed by atoms with E-state index in [-0.39, 0.29) is 11.6 Å². The number of rotatable bonds is 4. The zero-order valence-corrected chi connectivity index (χ0v) is 11.6. The Labute approximate surface area is 113 Å². The van der Waals surface area contributed by atoms with Crippen LogP contribution in [0.3, 0.4) is 0 Å². The molecular weight excluding hydrogens is 238 g/mol.